The average Bonchev–Trinajstić information content (AvgIpc) is 2.65. The molecule has 1 N–H and O–H groups in total. The summed E-state index contributed by atoms with van der Waals surface area (Å²) in [7, 11) is 0. The van der Waals surface area contributed by atoms with Crippen molar-refractivity contribution in [2.75, 3.05) is 36.4 Å². The number of pyridine rings is 1. The molecule has 2 heterocycles. The summed E-state index contributed by atoms with van der Waals surface area (Å²) in [4.78, 5) is 21.0. The number of halogens is 3. The van der Waals surface area contributed by atoms with Gasteiger partial charge in [0.15, 0.2) is 5.15 Å². The van der Waals surface area contributed by atoms with E-state index in [4.69, 9.17) is 23.2 Å². The highest BCUT2D eigenvalue weighted by molar-refractivity contribution is 14.1. The summed E-state index contributed by atoms with van der Waals surface area (Å²) in [5.74, 6) is -0.0825. The molecule has 1 aromatic heterocycles. The number of hydrogen-bond acceptors (Lipinski definition) is 4. The topological polar surface area (TPSA) is 48.5 Å². The lowest BCUT2D eigenvalue weighted by molar-refractivity contribution is -0.116. The van der Waals surface area contributed by atoms with Gasteiger partial charge in [-0.1, -0.05) is 64.0 Å². The summed E-state index contributed by atoms with van der Waals surface area (Å²) < 4.78 is 0.129. The van der Waals surface area contributed by atoms with Gasteiger partial charge in [0.2, 0.25) is 5.91 Å². The predicted octanol–water partition coefficient (Wildman–Crippen LogP) is 4.30. The van der Waals surface area contributed by atoms with E-state index >= 15 is 0 Å². The molecule has 1 aliphatic heterocycles. The molecule has 0 bridgehead atoms. The van der Waals surface area contributed by atoms with Crippen LogP contribution >= 0.6 is 45.8 Å². The second kappa shape index (κ2) is 9.21. The van der Waals surface area contributed by atoms with E-state index in [1.54, 1.807) is 12.1 Å². The first-order chi connectivity index (χ1) is 12.5. The van der Waals surface area contributed by atoms with Crippen molar-refractivity contribution >= 4 is 63.1 Å². The van der Waals surface area contributed by atoms with Crippen molar-refractivity contribution in [3.05, 3.63) is 52.8 Å². The van der Waals surface area contributed by atoms with Crippen LogP contribution in [0.2, 0.25) is 10.3 Å². The largest absolute Gasteiger partial charge is 0.369 e. The van der Waals surface area contributed by atoms with Crippen molar-refractivity contribution in [1.29, 1.82) is 0 Å². The molecule has 1 amide bonds. The normalized spacial score (nSPS) is 16.3. The fourth-order valence-corrected chi connectivity index (χ4v) is 4.24. The van der Waals surface area contributed by atoms with E-state index in [1.165, 1.54) is 5.69 Å². The van der Waals surface area contributed by atoms with Crippen molar-refractivity contribution in [2.45, 2.75) is 10.5 Å². The van der Waals surface area contributed by atoms with Gasteiger partial charge in [-0.2, -0.15) is 0 Å². The molecule has 3 rings (SSSR count). The molecule has 0 aliphatic carbocycles. The van der Waals surface area contributed by atoms with Crippen LogP contribution < -0.4 is 10.2 Å². The number of carbonyl (C=O) groups is 1. The number of anilines is 2. The Hall–Kier alpha value is -1.09. The van der Waals surface area contributed by atoms with E-state index in [2.05, 4.69) is 67.0 Å². The zero-order valence-corrected chi connectivity index (χ0v) is 17.7. The van der Waals surface area contributed by atoms with Crippen LogP contribution in [0.25, 0.3) is 0 Å². The Morgan fingerprint density at radius 1 is 1.12 bits per heavy atom. The molecule has 0 radical (unpaired) electrons. The lowest BCUT2D eigenvalue weighted by Crippen LogP contribution is -2.49. The Balaban J connectivity index is 1.49. The van der Waals surface area contributed by atoms with Crippen LogP contribution in [0.3, 0.4) is 0 Å². The van der Waals surface area contributed by atoms with Gasteiger partial charge < -0.3 is 10.2 Å². The third-order valence-corrected chi connectivity index (χ3v) is 6.00. The van der Waals surface area contributed by atoms with Crippen LogP contribution in [-0.2, 0) is 4.79 Å². The molecule has 138 valence electrons. The Labute approximate surface area is 176 Å². The van der Waals surface area contributed by atoms with Crippen molar-refractivity contribution in [1.82, 2.24) is 9.88 Å². The standard InChI is InChI=1S/C18H19Cl2IN4O/c19-15-7-6-14(18(20)23-15)22-17(26)12-16(21)25-10-8-24(9-11-25)13-4-2-1-3-5-13/h1-7,16H,8-12H2,(H,22,26). The van der Waals surface area contributed by atoms with Crippen LogP contribution in [0.1, 0.15) is 6.42 Å². The van der Waals surface area contributed by atoms with E-state index in [9.17, 15) is 4.79 Å². The molecule has 1 aromatic carbocycles. The third-order valence-electron chi connectivity index (χ3n) is 4.27. The molecule has 1 saturated heterocycles. The molecule has 1 fully saturated rings. The van der Waals surface area contributed by atoms with Gasteiger partial charge in [0.05, 0.1) is 16.2 Å². The van der Waals surface area contributed by atoms with Crippen molar-refractivity contribution < 1.29 is 4.79 Å². The summed E-state index contributed by atoms with van der Waals surface area (Å²) in [6, 6.07) is 13.7. The zero-order chi connectivity index (χ0) is 18.5. The number of nitrogens with one attached hydrogen (secondary N) is 1. The van der Waals surface area contributed by atoms with Crippen LogP contribution in [0.5, 0.6) is 0 Å². The second-order valence-electron chi connectivity index (χ2n) is 6.02. The minimum Gasteiger partial charge on any atom is -0.369 e. The number of amides is 1. The van der Waals surface area contributed by atoms with E-state index in [0.29, 0.717) is 17.3 Å². The number of benzene rings is 1. The third kappa shape index (κ3) is 5.22. The monoisotopic (exact) mass is 504 g/mol. The smallest absolute Gasteiger partial charge is 0.226 e. The Bertz CT molecular complexity index is 754. The number of rotatable bonds is 5. The number of para-hydroxylation sites is 1. The van der Waals surface area contributed by atoms with Gasteiger partial charge in [0.25, 0.3) is 0 Å². The maximum Gasteiger partial charge on any atom is 0.226 e. The molecule has 2 aromatic rings. The summed E-state index contributed by atoms with van der Waals surface area (Å²) >= 11 is 14.1. The highest BCUT2D eigenvalue weighted by Crippen LogP contribution is 2.23. The fourth-order valence-electron chi connectivity index (χ4n) is 2.89. The van der Waals surface area contributed by atoms with Gasteiger partial charge in [-0.25, -0.2) is 4.98 Å². The van der Waals surface area contributed by atoms with Crippen LogP contribution in [-0.4, -0.2) is 46.0 Å². The van der Waals surface area contributed by atoms with E-state index < -0.39 is 0 Å². The van der Waals surface area contributed by atoms with E-state index in [1.807, 2.05) is 6.07 Å². The maximum absolute atomic E-state index is 12.3. The molecule has 8 heteroatoms. The first-order valence-electron chi connectivity index (χ1n) is 8.33. The summed E-state index contributed by atoms with van der Waals surface area (Å²) in [6.45, 7) is 3.77. The Morgan fingerprint density at radius 2 is 1.81 bits per heavy atom. The molecule has 1 aliphatic rings. The molecular formula is C18H19Cl2IN4O. The molecule has 5 nitrogen and oxygen atoms in total. The lowest BCUT2D eigenvalue weighted by Gasteiger charge is -2.38. The van der Waals surface area contributed by atoms with Gasteiger partial charge in [-0.3, -0.25) is 9.69 Å². The fraction of sp³-hybridized carbons (Fsp3) is 0.333. The minimum atomic E-state index is -0.0825. The van der Waals surface area contributed by atoms with Crippen molar-refractivity contribution in [3.8, 4) is 0 Å². The number of hydrogen-bond donors (Lipinski definition) is 1. The first kappa shape index (κ1) is 19.7. The van der Waals surface area contributed by atoms with Crippen molar-refractivity contribution in [3.63, 3.8) is 0 Å². The van der Waals surface area contributed by atoms with E-state index in [-0.39, 0.29) is 15.1 Å². The molecule has 26 heavy (non-hydrogen) atoms. The summed E-state index contributed by atoms with van der Waals surface area (Å²) in [5.41, 5.74) is 1.73. The number of carbonyl (C=O) groups excluding carboxylic acids is 1. The minimum absolute atomic E-state index is 0.0825. The quantitative estimate of drug-likeness (QED) is 0.285. The number of alkyl halides is 1. The van der Waals surface area contributed by atoms with Gasteiger partial charge in [-0.05, 0) is 24.3 Å². The van der Waals surface area contributed by atoms with Crippen LogP contribution in [0, 0.1) is 0 Å². The van der Waals surface area contributed by atoms with Gasteiger partial charge in [-0.15, -0.1) is 0 Å². The van der Waals surface area contributed by atoms with Gasteiger partial charge in [0.1, 0.15) is 5.15 Å². The summed E-state index contributed by atoms with van der Waals surface area (Å²) in [5, 5.41) is 3.31. The number of aromatic nitrogens is 1. The molecule has 0 spiro atoms. The van der Waals surface area contributed by atoms with E-state index in [0.717, 1.165) is 26.2 Å². The SMILES string of the molecule is O=C(CC(I)N1CCN(c2ccccc2)CC1)Nc1ccc(Cl)nc1Cl. The number of nitrogens with zero attached hydrogens (tertiary/aromatic N) is 3. The van der Waals surface area contributed by atoms with Gasteiger partial charge >= 0.3 is 0 Å². The first-order valence-corrected chi connectivity index (χ1v) is 10.3. The summed E-state index contributed by atoms with van der Waals surface area (Å²) in [6.07, 6.45) is 0.394. The maximum atomic E-state index is 12.3. The number of piperazine rings is 1. The molecular weight excluding hydrogens is 486 g/mol. The lowest BCUT2D eigenvalue weighted by atomic mass is 10.2. The Morgan fingerprint density at radius 3 is 2.46 bits per heavy atom. The predicted molar refractivity (Wildman–Crippen MR) is 116 cm³/mol. The highest BCUT2D eigenvalue weighted by atomic mass is 127. The van der Waals surface area contributed by atoms with Crippen LogP contribution in [0.15, 0.2) is 42.5 Å². The van der Waals surface area contributed by atoms with Gasteiger partial charge in [0, 0.05) is 31.9 Å². The average molecular weight is 505 g/mol. The Kier molecular flexibility index (Phi) is 6.97. The molecule has 1 unspecified atom stereocenters. The highest BCUT2D eigenvalue weighted by Gasteiger charge is 2.24. The molecule has 0 saturated carbocycles. The second-order valence-corrected chi connectivity index (χ2v) is 8.20. The zero-order valence-electron chi connectivity index (χ0n) is 14.0. The van der Waals surface area contributed by atoms with Crippen molar-refractivity contribution in [2.24, 2.45) is 0 Å². The molecule has 1 atom stereocenters. The van der Waals surface area contributed by atoms with Crippen LogP contribution in [0.4, 0.5) is 11.4 Å².